The Morgan fingerprint density at radius 2 is 2.24 bits per heavy atom. The predicted octanol–water partition coefficient (Wildman–Crippen LogP) is 0.339. The maximum atomic E-state index is 11.3. The fourth-order valence-electron chi connectivity index (χ4n) is 3.58. The molecule has 3 heterocycles. The van der Waals surface area contributed by atoms with Crippen LogP contribution in [0.2, 0.25) is 0 Å². The number of fused-ring (bicyclic) bond motifs is 1. The van der Waals surface area contributed by atoms with Crippen molar-refractivity contribution in [1.29, 1.82) is 0 Å². The first-order chi connectivity index (χ1) is 8.31. The van der Waals surface area contributed by atoms with Gasteiger partial charge >= 0.3 is 0 Å². The van der Waals surface area contributed by atoms with Gasteiger partial charge in [-0.05, 0) is 38.1 Å². The van der Waals surface area contributed by atoms with E-state index in [2.05, 4.69) is 15.5 Å². The minimum atomic E-state index is 0.261. The summed E-state index contributed by atoms with van der Waals surface area (Å²) in [5, 5.41) is 6.72. The van der Waals surface area contributed by atoms with Crippen LogP contribution in [0, 0.1) is 5.92 Å². The van der Waals surface area contributed by atoms with E-state index in [4.69, 9.17) is 0 Å². The van der Waals surface area contributed by atoms with E-state index in [1.54, 1.807) is 0 Å². The monoisotopic (exact) mass is 237 g/mol. The van der Waals surface area contributed by atoms with Crippen LogP contribution in [0.4, 0.5) is 0 Å². The van der Waals surface area contributed by atoms with Crippen molar-refractivity contribution in [2.45, 2.75) is 44.2 Å². The van der Waals surface area contributed by atoms with Gasteiger partial charge in [0, 0.05) is 38.1 Å². The number of likely N-dealkylation sites (tertiary alicyclic amines) is 1. The largest absolute Gasteiger partial charge is 0.353 e. The molecule has 3 aliphatic rings. The zero-order chi connectivity index (χ0) is 11.7. The van der Waals surface area contributed by atoms with E-state index in [-0.39, 0.29) is 5.91 Å². The van der Waals surface area contributed by atoms with Gasteiger partial charge in [0.25, 0.3) is 0 Å². The predicted molar refractivity (Wildman–Crippen MR) is 66.7 cm³/mol. The Labute approximate surface area is 103 Å². The summed E-state index contributed by atoms with van der Waals surface area (Å²) in [5.74, 6) is 0.958. The molecule has 3 atom stereocenters. The van der Waals surface area contributed by atoms with Crippen LogP contribution in [0.25, 0.3) is 0 Å². The number of rotatable bonds is 2. The van der Waals surface area contributed by atoms with Gasteiger partial charge in [0.05, 0.1) is 0 Å². The third-order valence-corrected chi connectivity index (χ3v) is 4.55. The number of nitrogens with one attached hydrogen (secondary N) is 2. The molecule has 4 heteroatoms. The number of amides is 1. The Morgan fingerprint density at radius 1 is 1.29 bits per heavy atom. The summed E-state index contributed by atoms with van der Waals surface area (Å²) in [7, 11) is 0. The Balaban J connectivity index is 1.51. The van der Waals surface area contributed by atoms with Crippen molar-refractivity contribution >= 4 is 5.91 Å². The Bertz CT molecular complexity index is 288. The molecule has 2 unspecified atom stereocenters. The van der Waals surface area contributed by atoms with Gasteiger partial charge in [-0.3, -0.25) is 4.79 Å². The average molecular weight is 237 g/mol. The summed E-state index contributed by atoms with van der Waals surface area (Å²) in [6.45, 7) is 4.74. The second kappa shape index (κ2) is 4.94. The van der Waals surface area contributed by atoms with E-state index < -0.39 is 0 Å². The molecule has 4 nitrogen and oxygen atoms in total. The van der Waals surface area contributed by atoms with Gasteiger partial charge in [-0.1, -0.05) is 0 Å². The van der Waals surface area contributed by atoms with Crippen LogP contribution >= 0.6 is 0 Å². The molecule has 0 aromatic heterocycles. The van der Waals surface area contributed by atoms with Gasteiger partial charge < -0.3 is 15.5 Å². The van der Waals surface area contributed by atoms with Crippen molar-refractivity contribution < 1.29 is 4.79 Å². The fourth-order valence-corrected chi connectivity index (χ4v) is 3.58. The van der Waals surface area contributed by atoms with E-state index in [9.17, 15) is 4.79 Å². The van der Waals surface area contributed by atoms with Crippen molar-refractivity contribution in [3.8, 4) is 0 Å². The van der Waals surface area contributed by atoms with Crippen LogP contribution in [0.5, 0.6) is 0 Å². The third kappa shape index (κ3) is 2.63. The molecule has 0 aromatic rings. The quantitative estimate of drug-likeness (QED) is 0.728. The van der Waals surface area contributed by atoms with Crippen LogP contribution in [0.15, 0.2) is 0 Å². The Hall–Kier alpha value is -0.610. The number of nitrogens with zero attached hydrogens (tertiary/aromatic N) is 1. The van der Waals surface area contributed by atoms with Crippen molar-refractivity contribution in [3.05, 3.63) is 0 Å². The molecule has 0 bridgehead atoms. The molecule has 3 fully saturated rings. The highest BCUT2D eigenvalue weighted by Gasteiger charge is 2.34. The molecule has 3 saturated heterocycles. The van der Waals surface area contributed by atoms with Gasteiger partial charge in [0.1, 0.15) is 0 Å². The van der Waals surface area contributed by atoms with Gasteiger partial charge in [-0.15, -0.1) is 0 Å². The highest BCUT2D eigenvalue weighted by molar-refractivity contribution is 5.77. The molecule has 1 amide bonds. The Kier molecular flexibility index (Phi) is 3.34. The standard InChI is InChI=1S/C13H23N3O/c17-13-4-3-10-8-16(7-5-12(10)15-13)9-11-2-1-6-14-11/h10-12,14H,1-9H2,(H,15,17)/t10?,11-,12?/m1/s1. The van der Waals surface area contributed by atoms with E-state index in [0.717, 1.165) is 25.8 Å². The Morgan fingerprint density at radius 3 is 3.06 bits per heavy atom. The zero-order valence-corrected chi connectivity index (χ0v) is 10.5. The SMILES string of the molecule is O=C1CCC2CN(C[C@H]3CCCN3)CCC2N1. The highest BCUT2D eigenvalue weighted by atomic mass is 16.1. The summed E-state index contributed by atoms with van der Waals surface area (Å²) >= 11 is 0. The van der Waals surface area contributed by atoms with Crippen LogP contribution in [0.1, 0.15) is 32.1 Å². The lowest BCUT2D eigenvalue weighted by atomic mass is 9.85. The molecule has 0 radical (unpaired) electrons. The first kappa shape index (κ1) is 11.5. The van der Waals surface area contributed by atoms with Crippen LogP contribution in [0.3, 0.4) is 0 Å². The van der Waals surface area contributed by atoms with Crippen molar-refractivity contribution in [2.24, 2.45) is 5.92 Å². The fraction of sp³-hybridized carbons (Fsp3) is 0.923. The summed E-state index contributed by atoms with van der Waals surface area (Å²) in [6, 6.07) is 1.17. The van der Waals surface area contributed by atoms with Crippen molar-refractivity contribution in [3.63, 3.8) is 0 Å². The van der Waals surface area contributed by atoms with Gasteiger partial charge in [-0.2, -0.15) is 0 Å². The average Bonchev–Trinajstić information content (AvgIpc) is 2.82. The second-order valence-corrected chi connectivity index (χ2v) is 5.81. The molecule has 0 spiro atoms. The number of carbonyl (C=O) groups is 1. The summed E-state index contributed by atoms with van der Waals surface area (Å²) < 4.78 is 0. The van der Waals surface area contributed by atoms with E-state index in [0.29, 0.717) is 18.0 Å². The molecule has 3 rings (SSSR count). The van der Waals surface area contributed by atoms with Crippen molar-refractivity contribution in [1.82, 2.24) is 15.5 Å². The topological polar surface area (TPSA) is 44.4 Å². The van der Waals surface area contributed by atoms with Crippen LogP contribution in [-0.4, -0.2) is 49.1 Å². The first-order valence-corrected chi connectivity index (χ1v) is 7.06. The summed E-state index contributed by atoms with van der Waals surface area (Å²) in [4.78, 5) is 13.9. The smallest absolute Gasteiger partial charge is 0.220 e. The number of hydrogen-bond donors (Lipinski definition) is 2. The molecular formula is C13H23N3O. The van der Waals surface area contributed by atoms with Crippen molar-refractivity contribution in [2.75, 3.05) is 26.2 Å². The number of piperidine rings is 2. The van der Waals surface area contributed by atoms with E-state index in [1.165, 1.54) is 32.5 Å². The summed E-state index contributed by atoms with van der Waals surface area (Å²) in [6.07, 6.45) is 5.63. The van der Waals surface area contributed by atoms with Gasteiger partial charge in [0.2, 0.25) is 5.91 Å². The number of carbonyl (C=O) groups excluding carboxylic acids is 1. The van der Waals surface area contributed by atoms with Crippen LogP contribution < -0.4 is 10.6 Å². The lowest BCUT2D eigenvalue weighted by Crippen LogP contribution is -2.55. The maximum absolute atomic E-state index is 11.3. The van der Waals surface area contributed by atoms with Gasteiger partial charge in [-0.25, -0.2) is 0 Å². The second-order valence-electron chi connectivity index (χ2n) is 5.81. The van der Waals surface area contributed by atoms with E-state index >= 15 is 0 Å². The third-order valence-electron chi connectivity index (χ3n) is 4.55. The van der Waals surface area contributed by atoms with E-state index in [1.807, 2.05) is 0 Å². The van der Waals surface area contributed by atoms with Crippen LogP contribution in [-0.2, 0) is 4.79 Å². The maximum Gasteiger partial charge on any atom is 0.220 e. The summed E-state index contributed by atoms with van der Waals surface area (Å²) in [5.41, 5.74) is 0. The lowest BCUT2D eigenvalue weighted by Gasteiger charge is -2.42. The molecule has 96 valence electrons. The number of hydrogen-bond acceptors (Lipinski definition) is 3. The van der Waals surface area contributed by atoms with Gasteiger partial charge in [0.15, 0.2) is 0 Å². The highest BCUT2D eigenvalue weighted by Crippen LogP contribution is 2.25. The minimum Gasteiger partial charge on any atom is -0.353 e. The molecule has 3 aliphatic heterocycles. The zero-order valence-electron chi connectivity index (χ0n) is 10.5. The minimum absolute atomic E-state index is 0.261. The molecule has 2 N–H and O–H groups in total. The molecule has 0 aliphatic carbocycles. The normalized spacial score (nSPS) is 38.8. The first-order valence-electron chi connectivity index (χ1n) is 7.06. The lowest BCUT2D eigenvalue weighted by molar-refractivity contribution is -0.125. The molecule has 0 saturated carbocycles. The molecule has 0 aromatic carbocycles. The molecular weight excluding hydrogens is 214 g/mol. The molecule has 17 heavy (non-hydrogen) atoms.